The summed E-state index contributed by atoms with van der Waals surface area (Å²) in [5.41, 5.74) is 2.19. The van der Waals surface area contributed by atoms with Gasteiger partial charge in [-0.3, -0.25) is 0 Å². The number of hydrogen-bond donors (Lipinski definition) is 1. The average Bonchev–Trinajstić information content (AvgIpc) is 3.18. The van der Waals surface area contributed by atoms with Gasteiger partial charge in [0, 0.05) is 23.0 Å². The largest absolute Gasteiger partial charge is 0.377 e. The van der Waals surface area contributed by atoms with Crippen molar-refractivity contribution in [2.24, 2.45) is 5.92 Å². The predicted octanol–water partition coefficient (Wildman–Crippen LogP) is 4.74. The molecule has 108 valence electrons. The van der Waals surface area contributed by atoms with E-state index in [1.807, 2.05) is 16.9 Å². The topological polar surface area (TPSA) is 29.9 Å². The van der Waals surface area contributed by atoms with Crippen LogP contribution in [0, 0.1) is 5.92 Å². The number of thiophene rings is 1. The predicted molar refractivity (Wildman–Crippen MR) is 89.1 cm³/mol. The van der Waals surface area contributed by atoms with Crippen LogP contribution in [0.5, 0.6) is 0 Å². The Kier molecular flexibility index (Phi) is 4.06. The van der Waals surface area contributed by atoms with E-state index in [9.17, 15) is 0 Å². The highest BCUT2D eigenvalue weighted by Crippen LogP contribution is 2.30. The highest BCUT2D eigenvalue weighted by atomic mass is 32.1. The maximum Gasteiger partial charge on any atom is 0.0666 e. The van der Waals surface area contributed by atoms with Crippen molar-refractivity contribution in [3.63, 3.8) is 0 Å². The summed E-state index contributed by atoms with van der Waals surface area (Å²) >= 11 is 1.80. The van der Waals surface area contributed by atoms with E-state index in [1.165, 1.54) is 4.88 Å². The van der Waals surface area contributed by atoms with Crippen LogP contribution in [-0.2, 0) is 0 Å². The normalized spacial score (nSPS) is 12.5. The van der Waals surface area contributed by atoms with E-state index in [0.29, 0.717) is 12.0 Å². The second-order valence-electron chi connectivity index (χ2n) is 5.38. The SMILES string of the molecule is CC(C)C(Nc1cccc(-n2cccn2)c1)c1cccs1. The lowest BCUT2D eigenvalue weighted by molar-refractivity contribution is 0.554. The summed E-state index contributed by atoms with van der Waals surface area (Å²) in [4.78, 5) is 1.37. The molecule has 3 rings (SSSR count). The van der Waals surface area contributed by atoms with Crippen molar-refractivity contribution in [1.29, 1.82) is 0 Å². The summed E-state index contributed by atoms with van der Waals surface area (Å²) in [7, 11) is 0. The zero-order valence-electron chi connectivity index (χ0n) is 12.2. The molecule has 1 N–H and O–H groups in total. The van der Waals surface area contributed by atoms with Crippen LogP contribution in [0.4, 0.5) is 5.69 Å². The first-order valence-corrected chi connectivity index (χ1v) is 8.02. The Labute approximate surface area is 129 Å². The van der Waals surface area contributed by atoms with Gasteiger partial charge in [-0.1, -0.05) is 26.0 Å². The maximum atomic E-state index is 4.28. The molecular weight excluding hydrogens is 278 g/mol. The van der Waals surface area contributed by atoms with Crippen LogP contribution in [0.1, 0.15) is 24.8 Å². The van der Waals surface area contributed by atoms with Crippen molar-refractivity contribution in [3.8, 4) is 5.69 Å². The van der Waals surface area contributed by atoms with E-state index in [2.05, 4.69) is 66.0 Å². The molecular formula is C17H19N3S. The molecule has 0 aliphatic rings. The molecule has 0 spiro atoms. The van der Waals surface area contributed by atoms with Crippen LogP contribution in [-0.4, -0.2) is 9.78 Å². The van der Waals surface area contributed by atoms with Crippen LogP contribution in [0.3, 0.4) is 0 Å². The number of aromatic nitrogens is 2. The quantitative estimate of drug-likeness (QED) is 0.737. The molecule has 0 bridgehead atoms. The van der Waals surface area contributed by atoms with Crippen LogP contribution >= 0.6 is 11.3 Å². The van der Waals surface area contributed by atoms with Crippen LogP contribution in [0.2, 0.25) is 0 Å². The molecule has 0 amide bonds. The molecule has 3 nitrogen and oxygen atoms in total. The highest BCUT2D eigenvalue weighted by molar-refractivity contribution is 7.10. The van der Waals surface area contributed by atoms with Crippen molar-refractivity contribution in [3.05, 3.63) is 65.1 Å². The van der Waals surface area contributed by atoms with E-state index in [4.69, 9.17) is 0 Å². The lowest BCUT2D eigenvalue weighted by Gasteiger charge is -2.22. The second kappa shape index (κ2) is 6.14. The molecule has 0 saturated carbocycles. The number of nitrogens with zero attached hydrogens (tertiary/aromatic N) is 2. The Morgan fingerprint density at radius 3 is 2.71 bits per heavy atom. The molecule has 1 atom stereocenters. The maximum absolute atomic E-state index is 4.28. The molecule has 0 fully saturated rings. The third kappa shape index (κ3) is 3.16. The number of benzene rings is 1. The molecule has 21 heavy (non-hydrogen) atoms. The van der Waals surface area contributed by atoms with Gasteiger partial charge in [-0.05, 0) is 41.6 Å². The van der Waals surface area contributed by atoms with Crippen molar-refractivity contribution < 1.29 is 0 Å². The van der Waals surface area contributed by atoms with E-state index in [-0.39, 0.29) is 0 Å². The van der Waals surface area contributed by atoms with Gasteiger partial charge in [0.25, 0.3) is 0 Å². The highest BCUT2D eigenvalue weighted by Gasteiger charge is 2.16. The van der Waals surface area contributed by atoms with Crippen LogP contribution in [0.15, 0.2) is 60.2 Å². The molecule has 3 aromatic rings. The van der Waals surface area contributed by atoms with Gasteiger partial charge in [0.05, 0.1) is 11.7 Å². The minimum absolute atomic E-state index is 0.331. The smallest absolute Gasteiger partial charge is 0.0666 e. The Hall–Kier alpha value is -2.07. The fraction of sp³-hybridized carbons (Fsp3) is 0.235. The average molecular weight is 297 g/mol. The zero-order valence-corrected chi connectivity index (χ0v) is 13.0. The van der Waals surface area contributed by atoms with Gasteiger partial charge < -0.3 is 5.32 Å². The third-order valence-corrected chi connectivity index (χ3v) is 4.41. The molecule has 0 aliphatic heterocycles. The number of hydrogen-bond acceptors (Lipinski definition) is 3. The van der Waals surface area contributed by atoms with E-state index < -0.39 is 0 Å². The molecule has 2 heterocycles. The molecule has 0 aliphatic carbocycles. The third-order valence-electron chi connectivity index (χ3n) is 3.45. The van der Waals surface area contributed by atoms with Crippen LogP contribution < -0.4 is 5.32 Å². The molecule has 2 aromatic heterocycles. The molecule has 0 saturated heterocycles. The van der Waals surface area contributed by atoms with Gasteiger partial charge in [0.1, 0.15) is 0 Å². The van der Waals surface area contributed by atoms with Crippen molar-refractivity contribution in [2.75, 3.05) is 5.32 Å². The Balaban J connectivity index is 1.85. The lowest BCUT2D eigenvalue weighted by Crippen LogP contribution is -2.15. The van der Waals surface area contributed by atoms with Crippen molar-refractivity contribution >= 4 is 17.0 Å². The number of anilines is 1. The summed E-state index contributed by atoms with van der Waals surface area (Å²) in [6.45, 7) is 4.49. The van der Waals surface area contributed by atoms with Crippen molar-refractivity contribution in [2.45, 2.75) is 19.9 Å². The van der Waals surface area contributed by atoms with Gasteiger partial charge in [0.2, 0.25) is 0 Å². The van der Waals surface area contributed by atoms with Crippen LogP contribution in [0.25, 0.3) is 5.69 Å². The van der Waals surface area contributed by atoms with E-state index in [1.54, 1.807) is 17.5 Å². The van der Waals surface area contributed by atoms with Gasteiger partial charge in [-0.25, -0.2) is 4.68 Å². The van der Waals surface area contributed by atoms with Crippen molar-refractivity contribution in [1.82, 2.24) is 9.78 Å². The summed E-state index contributed by atoms with van der Waals surface area (Å²) in [6, 6.07) is 14.9. The summed E-state index contributed by atoms with van der Waals surface area (Å²) < 4.78 is 1.88. The van der Waals surface area contributed by atoms with Gasteiger partial charge in [-0.2, -0.15) is 5.10 Å². The minimum Gasteiger partial charge on any atom is -0.377 e. The number of rotatable bonds is 5. The fourth-order valence-corrected chi connectivity index (χ4v) is 3.32. The second-order valence-corrected chi connectivity index (χ2v) is 6.36. The molecule has 1 aromatic carbocycles. The van der Waals surface area contributed by atoms with Gasteiger partial charge >= 0.3 is 0 Å². The summed E-state index contributed by atoms with van der Waals surface area (Å²) in [5.74, 6) is 0.525. The summed E-state index contributed by atoms with van der Waals surface area (Å²) in [5, 5.41) is 10.1. The Morgan fingerprint density at radius 2 is 2.05 bits per heavy atom. The standard InChI is InChI=1S/C17H19N3S/c1-13(2)17(16-8-4-11-21-16)19-14-6-3-7-15(12-14)20-10-5-9-18-20/h3-13,17,19H,1-2H3. The minimum atomic E-state index is 0.331. The van der Waals surface area contributed by atoms with Gasteiger partial charge in [0.15, 0.2) is 0 Å². The van der Waals surface area contributed by atoms with E-state index >= 15 is 0 Å². The Bertz CT molecular complexity index is 672. The number of nitrogens with one attached hydrogen (secondary N) is 1. The zero-order chi connectivity index (χ0) is 14.7. The molecule has 0 radical (unpaired) electrons. The fourth-order valence-electron chi connectivity index (χ4n) is 2.37. The Morgan fingerprint density at radius 1 is 1.14 bits per heavy atom. The monoisotopic (exact) mass is 297 g/mol. The molecule has 1 unspecified atom stereocenters. The molecule has 4 heteroatoms. The van der Waals surface area contributed by atoms with Gasteiger partial charge in [-0.15, -0.1) is 11.3 Å². The summed E-state index contributed by atoms with van der Waals surface area (Å²) in [6.07, 6.45) is 3.75. The van der Waals surface area contributed by atoms with E-state index in [0.717, 1.165) is 11.4 Å². The first-order chi connectivity index (χ1) is 10.2. The first-order valence-electron chi connectivity index (χ1n) is 7.14. The lowest BCUT2D eigenvalue weighted by atomic mass is 10.0. The first kappa shape index (κ1) is 13.9.